The molecule has 0 bridgehead atoms. The minimum atomic E-state index is -0.470. The average Bonchev–Trinajstić information content (AvgIpc) is 2.77. The Morgan fingerprint density at radius 1 is 1.67 bits per heavy atom. The van der Waals surface area contributed by atoms with Crippen LogP contribution in [-0.4, -0.2) is 41.4 Å². The van der Waals surface area contributed by atoms with Crippen LogP contribution in [0.2, 0.25) is 0 Å². The van der Waals surface area contributed by atoms with Crippen LogP contribution in [0, 0.1) is 10.1 Å². The molecule has 6 nitrogen and oxygen atoms in total. The third-order valence-corrected chi connectivity index (χ3v) is 3.55. The fraction of sp³-hybridized carbons (Fsp3) is 0.500. The largest absolute Gasteiger partial charge is 0.336 e. The third-order valence-electron chi connectivity index (χ3n) is 2.67. The van der Waals surface area contributed by atoms with Crippen LogP contribution < -0.4 is 5.32 Å². The van der Waals surface area contributed by atoms with Gasteiger partial charge in [-0.25, -0.2) is 0 Å². The zero-order chi connectivity index (χ0) is 12.4. The number of piperazine rings is 1. The lowest BCUT2D eigenvalue weighted by molar-refractivity contribution is -0.380. The van der Waals surface area contributed by atoms with E-state index in [9.17, 15) is 14.9 Å². The fourth-order valence-electron chi connectivity index (χ4n) is 1.83. The first-order chi connectivity index (χ1) is 8.08. The zero-order valence-corrected chi connectivity index (χ0v) is 11.4. The van der Waals surface area contributed by atoms with Gasteiger partial charge >= 0.3 is 5.00 Å². The van der Waals surface area contributed by atoms with Crippen molar-refractivity contribution >= 4 is 34.7 Å². The van der Waals surface area contributed by atoms with E-state index in [1.54, 1.807) is 10.3 Å². The summed E-state index contributed by atoms with van der Waals surface area (Å²) in [4.78, 5) is 23.9. The fourth-order valence-corrected chi connectivity index (χ4v) is 2.53. The number of hydrogen-bond acceptors (Lipinski definition) is 5. The second-order valence-corrected chi connectivity index (χ2v) is 4.93. The van der Waals surface area contributed by atoms with Gasteiger partial charge in [0.05, 0.1) is 10.5 Å². The van der Waals surface area contributed by atoms with Crippen LogP contribution in [0.15, 0.2) is 11.4 Å². The number of hydrogen-bond donors (Lipinski definition) is 1. The molecule has 1 aliphatic rings. The summed E-state index contributed by atoms with van der Waals surface area (Å²) in [7, 11) is 0. The van der Waals surface area contributed by atoms with E-state index >= 15 is 0 Å². The minimum Gasteiger partial charge on any atom is -0.336 e. The van der Waals surface area contributed by atoms with E-state index in [1.807, 2.05) is 6.92 Å². The average molecular weight is 292 g/mol. The molecule has 1 atom stereocenters. The number of amides is 1. The highest BCUT2D eigenvalue weighted by Gasteiger charge is 2.23. The Labute approximate surface area is 115 Å². The van der Waals surface area contributed by atoms with Crippen molar-refractivity contribution in [1.29, 1.82) is 0 Å². The van der Waals surface area contributed by atoms with Crippen LogP contribution in [0.4, 0.5) is 5.00 Å². The van der Waals surface area contributed by atoms with Gasteiger partial charge in [-0.1, -0.05) is 11.3 Å². The lowest BCUT2D eigenvalue weighted by Crippen LogP contribution is -2.51. The van der Waals surface area contributed by atoms with E-state index in [4.69, 9.17) is 0 Å². The van der Waals surface area contributed by atoms with Gasteiger partial charge in [-0.3, -0.25) is 14.9 Å². The van der Waals surface area contributed by atoms with Crippen molar-refractivity contribution in [2.45, 2.75) is 13.0 Å². The first-order valence-electron chi connectivity index (χ1n) is 5.33. The van der Waals surface area contributed by atoms with Crippen molar-refractivity contribution in [2.24, 2.45) is 0 Å². The summed E-state index contributed by atoms with van der Waals surface area (Å²) in [5, 5.41) is 15.3. The molecule has 1 unspecified atom stereocenters. The predicted octanol–water partition coefficient (Wildman–Crippen LogP) is 1.51. The maximum Gasteiger partial charge on any atom is 0.324 e. The summed E-state index contributed by atoms with van der Waals surface area (Å²) in [5.74, 6) is -0.122. The Morgan fingerprint density at radius 2 is 2.39 bits per heavy atom. The predicted molar refractivity (Wildman–Crippen MR) is 71.6 cm³/mol. The Balaban J connectivity index is 0.00000162. The molecule has 8 heteroatoms. The highest BCUT2D eigenvalue weighted by Crippen LogP contribution is 2.23. The summed E-state index contributed by atoms with van der Waals surface area (Å²) >= 11 is 0.989. The van der Waals surface area contributed by atoms with Gasteiger partial charge < -0.3 is 10.2 Å². The van der Waals surface area contributed by atoms with Crippen LogP contribution in [-0.2, 0) is 0 Å². The number of nitrogens with one attached hydrogen (secondary N) is 1. The normalized spacial score (nSPS) is 19.2. The Kier molecular flexibility index (Phi) is 5.06. The molecular weight excluding hydrogens is 278 g/mol. The molecule has 1 fully saturated rings. The van der Waals surface area contributed by atoms with Crippen molar-refractivity contribution in [3.05, 3.63) is 27.1 Å². The molecule has 1 aliphatic heterocycles. The van der Waals surface area contributed by atoms with Gasteiger partial charge in [-0.05, 0) is 6.92 Å². The molecule has 1 N–H and O–H groups in total. The highest BCUT2D eigenvalue weighted by molar-refractivity contribution is 7.13. The van der Waals surface area contributed by atoms with Gasteiger partial charge in [-0.15, -0.1) is 12.4 Å². The van der Waals surface area contributed by atoms with Gasteiger partial charge in [0.2, 0.25) is 0 Å². The summed E-state index contributed by atoms with van der Waals surface area (Å²) < 4.78 is 0. The first kappa shape index (κ1) is 14.9. The lowest BCUT2D eigenvalue weighted by atomic mass is 10.2. The third kappa shape index (κ3) is 3.18. The van der Waals surface area contributed by atoms with Gasteiger partial charge in [0.25, 0.3) is 5.91 Å². The molecule has 1 aromatic heterocycles. The number of nitrogens with zero attached hydrogens (tertiary/aromatic N) is 2. The quantitative estimate of drug-likeness (QED) is 0.662. The molecule has 1 amide bonds. The highest BCUT2D eigenvalue weighted by atomic mass is 35.5. The maximum atomic E-state index is 12.1. The van der Waals surface area contributed by atoms with E-state index in [1.165, 1.54) is 6.07 Å². The van der Waals surface area contributed by atoms with Crippen LogP contribution in [0.1, 0.15) is 17.3 Å². The van der Waals surface area contributed by atoms with Crippen LogP contribution in [0.5, 0.6) is 0 Å². The second-order valence-electron chi connectivity index (χ2n) is 4.04. The van der Waals surface area contributed by atoms with Crippen LogP contribution >= 0.6 is 23.7 Å². The first-order valence-corrected chi connectivity index (χ1v) is 6.21. The summed E-state index contributed by atoms with van der Waals surface area (Å²) in [5.41, 5.74) is 0.413. The van der Waals surface area contributed by atoms with E-state index in [0.717, 1.165) is 17.9 Å². The van der Waals surface area contributed by atoms with Crippen molar-refractivity contribution in [1.82, 2.24) is 10.2 Å². The Morgan fingerprint density at radius 3 is 2.94 bits per heavy atom. The van der Waals surface area contributed by atoms with E-state index in [2.05, 4.69) is 5.32 Å². The monoisotopic (exact) mass is 291 g/mol. The Bertz CT molecular complexity index is 451. The van der Waals surface area contributed by atoms with Crippen molar-refractivity contribution in [2.75, 3.05) is 19.6 Å². The molecule has 0 radical (unpaired) electrons. The van der Waals surface area contributed by atoms with Gasteiger partial charge in [0.1, 0.15) is 0 Å². The number of carbonyl (C=O) groups is 1. The summed E-state index contributed by atoms with van der Waals surface area (Å²) in [6, 6.07) is 1.61. The van der Waals surface area contributed by atoms with Gasteiger partial charge in [0.15, 0.2) is 0 Å². The topological polar surface area (TPSA) is 75.5 Å². The van der Waals surface area contributed by atoms with E-state index in [-0.39, 0.29) is 29.4 Å². The molecule has 18 heavy (non-hydrogen) atoms. The lowest BCUT2D eigenvalue weighted by Gasteiger charge is -2.31. The van der Waals surface area contributed by atoms with Gasteiger partial charge in [0, 0.05) is 37.1 Å². The maximum absolute atomic E-state index is 12.1. The molecule has 0 aromatic carbocycles. The molecule has 0 spiro atoms. The van der Waals surface area contributed by atoms with Crippen molar-refractivity contribution in [3.63, 3.8) is 0 Å². The molecule has 2 rings (SSSR count). The molecular formula is C10H14ClN3O3S. The standard InChI is InChI=1S/C10H13N3O3S.ClH/c1-7-5-12(3-2-11-7)10(14)8-4-9(13(15)16)17-6-8;/h4,6-7,11H,2-3,5H2,1H3;1H. The number of carbonyl (C=O) groups excluding carboxylic acids is 1. The van der Waals surface area contributed by atoms with Crippen LogP contribution in [0.3, 0.4) is 0 Å². The molecule has 2 heterocycles. The molecule has 1 saturated heterocycles. The number of nitro groups is 1. The summed E-state index contributed by atoms with van der Waals surface area (Å²) in [6.07, 6.45) is 0. The number of halogens is 1. The van der Waals surface area contributed by atoms with Crippen molar-refractivity contribution in [3.8, 4) is 0 Å². The van der Waals surface area contributed by atoms with E-state index < -0.39 is 4.92 Å². The molecule has 1 aromatic rings. The van der Waals surface area contributed by atoms with Gasteiger partial charge in [-0.2, -0.15) is 0 Å². The van der Waals surface area contributed by atoms with Crippen LogP contribution in [0.25, 0.3) is 0 Å². The van der Waals surface area contributed by atoms with Crippen molar-refractivity contribution < 1.29 is 9.72 Å². The van der Waals surface area contributed by atoms with E-state index in [0.29, 0.717) is 18.7 Å². The minimum absolute atomic E-state index is 0. The number of rotatable bonds is 2. The molecule has 0 aliphatic carbocycles. The smallest absolute Gasteiger partial charge is 0.324 e. The SMILES string of the molecule is CC1CN(C(=O)c2csc([N+](=O)[O-])c2)CCN1.Cl. The molecule has 100 valence electrons. The molecule has 0 saturated carbocycles. The summed E-state index contributed by atoms with van der Waals surface area (Å²) in [6.45, 7) is 4.06. The Hall–Kier alpha value is -1.18. The second kappa shape index (κ2) is 6.12. The zero-order valence-electron chi connectivity index (χ0n) is 9.79. The number of thiophene rings is 1.